The minimum atomic E-state index is -0.640. The van der Waals surface area contributed by atoms with E-state index in [0.717, 1.165) is 0 Å². The molecule has 0 aliphatic rings. The monoisotopic (exact) mass is 457 g/mol. The number of aliphatic hydroxyl groups excluding tert-OH is 1. The molecule has 0 spiro atoms. The number of methoxy groups -OCH3 is 1. The van der Waals surface area contributed by atoms with Crippen LogP contribution < -0.4 is 10.5 Å². The Morgan fingerprint density at radius 2 is 1.97 bits per heavy atom. The van der Waals surface area contributed by atoms with Gasteiger partial charge in [-0.15, -0.1) is 0 Å². The van der Waals surface area contributed by atoms with Gasteiger partial charge in [0.1, 0.15) is 17.0 Å². The fraction of sp³-hybridized carbons (Fsp3) is 0.240. The van der Waals surface area contributed by atoms with Gasteiger partial charge in [-0.1, -0.05) is 18.2 Å². The Labute approximate surface area is 194 Å². The van der Waals surface area contributed by atoms with Gasteiger partial charge >= 0.3 is 5.76 Å². The largest absolute Gasteiger partial charge is 0.496 e. The van der Waals surface area contributed by atoms with Crippen molar-refractivity contribution in [2.75, 3.05) is 7.11 Å². The Balaban J connectivity index is 2.07. The molecule has 3 N–H and O–H groups in total. The highest BCUT2D eigenvalue weighted by molar-refractivity contribution is 6.10. The average Bonchev–Trinajstić information content (AvgIpc) is 3.14. The van der Waals surface area contributed by atoms with Crippen LogP contribution in [0.3, 0.4) is 0 Å². The molecule has 0 aliphatic carbocycles. The Morgan fingerprint density at radius 3 is 2.59 bits per heavy atom. The van der Waals surface area contributed by atoms with Crippen LogP contribution in [0.1, 0.15) is 42.1 Å². The SMILES string of the molecule is COc1cc2c(cc1C(C(C)=N)C(C)=N)nc(CO)c1oc(=O)n(Cc3ccccc3C#N)c12. The van der Waals surface area contributed by atoms with Crippen molar-refractivity contribution in [1.82, 2.24) is 9.55 Å². The Hall–Kier alpha value is -4.29. The van der Waals surface area contributed by atoms with Gasteiger partial charge in [0.25, 0.3) is 0 Å². The fourth-order valence-corrected chi connectivity index (χ4v) is 4.31. The molecule has 4 aromatic rings. The molecule has 172 valence electrons. The summed E-state index contributed by atoms with van der Waals surface area (Å²) in [7, 11) is 1.50. The predicted octanol–water partition coefficient (Wildman–Crippen LogP) is 3.73. The first-order chi connectivity index (χ1) is 16.3. The standard InChI is InChI=1S/C25H23N5O4/c1-13(27)22(14(2)28)18-8-19-17(9-21(18)33-3)23-24(20(12-31)29-19)34-25(32)30(23)11-16-7-5-4-6-15(16)10-26/h4-9,22,27-28,31H,11-12H2,1-3H3. The third kappa shape index (κ3) is 3.74. The number of hydrogen-bond acceptors (Lipinski definition) is 8. The second-order valence-corrected chi connectivity index (χ2v) is 8.03. The van der Waals surface area contributed by atoms with E-state index in [9.17, 15) is 15.2 Å². The van der Waals surface area contributed by atoms with Crippen molar-refractivity contribution in [3.8, 4) is 11.8 Å². The van der Waals surface area contributed by atoms with Gasteiger partial charge in [0.2, 0.25) is 0 Å². The van der Waals surface area contributed by atoms with Crippen LogP contribution in [0.5, 0.6) is 5.75 Å². The molecule has 2 aromatic carbocycles. The summed E-state index contributed by atoms with van der Waals surface area (Å²) >= 11 is 0. The fourth-order valence-electron chi connectivity index (χ4n) is 4.31. The van der Waals surface area contributed by atoms with Crippen molar-refractivity contribution in [1.29, 1.82) is 16.1 Å². The normalized spacial score (nSPS) is 12.0. The van der Waals surface area contributed by atoms with Crippen LogP contribution in [0.2, 0.25) is 0 Å². The lowest BCUT2D eigenvalue weighted by atomic mass is 9.89. The van der Waals surface area contributed by atoms with E-state index in [2.05, 4.69) is 11.1 Å². The van der Waals surface area contributed by atoms with Crippen molar-refractivity contribution in [2.45, 2.75) is 32.9 Å². The van der Waals surface area contributed by atoms with E-state index in [1.807, 2.05) is 0 Å². The molecule has 0 fully saturated rings. The van der Waals surface area contributed by atoms with Gasteiger partial charge in [-0.25, -0.2) is 9.78 Å². The molecule has 0 saturated carbocycles. The summed E-state index contributed by atoms with van der Waals surface area (Å²) in [5, 5.41) is 36.3. The Kier molecular flexibility index (Phi) is 6.01. The number of rotatable bonds is 7. The number of hydrogen-bond donors (Lipinski definition) is 3. The first kappa shape index (κ1) is 22.9. The Bertz CT molecular complexity index is 1540. The number of oxazole rings is 1. The number of fused-ring (bicyclic) bond motifs is 3. The topological polar surface area (TPSA) is 149 Å². The van der Waals surface area contributed by atoms with Crippen LogP contribution in [-0.4, -0.2) is 33.2 Å². The molecular weight excluding hydrogens is 434 g/mol. The van der Waals surface area contributed by atoms with Crippen LogP contribution >= 0.6 is 0 Å². The molecule has 0 radical (unpaired) electrons. The molecule has 0 atom stereocenters. The summed E-state index contributed by atoms with van der Waals surface area (Å²) in [6.45, 7) is 2.89. The van der Waals surface area contributed by atoms with Gasteiger partial charge < -0.3 is 25.1 Å². The summed E-state index contributed by atoms with van der Waals surface area (Å²) in [4.78, 5) is 17.4. The van der Waals surface area contributed by atoms with Gasteiger partial charge in [0.05, 0.1) is 43.3 Å². The quantitative estimate of drug-likeness (QED) is 0.360. The molecule has 0 saturated heterocycles. The summed E-state index contributed by atoms with van der Waals surface area (Å²) in [6.07, 6.45) is 0. The lowest BCUT2D eigenvalue weighted by Crippen LogP contribution is -2.17. The minimum absolute atomic E-state index is 0.0887. The van der Waals surface area contributed by atoms with E-state index in [1.165, 1.54) is 11.7 Å². The van der Waals surface area contributed by atoms with E-state index in [1.54, 1.807) is 50.2 Å². The summed E-state index contributed by atoms with van der Waals surface area (Å²) < 4.78 is 12.5. The molecule has 2 heterocycles. The van der Waals surface area contributed by atoms with Gasteiger partial charge in [-0.05, 0) is 37.6 Å². The van der Waals surface area contributed by atoms with Crippen molar-refractivity contribution < 1.29 is 14.3 Å². The maximum atomic E-state index is 12.9. The first-order valence-electron chi connectivity index (χ1n) is 10.5. The molecule has 0 amide bonds. The van der Waals surface area contributed by atoms with Crippen LogP contribution in [-0.2, 0) is 13.2 Å². The zero-order valence-electron chi connectivity index (χ0n) is 19.0. The molecule has 9 nitrogen and oxygen atoms in total. The maximum absolute atomic E-state index is 12.9. The van der Waals surface area contributed by atoms with Crippen LogP contribution in [0, 0.1) is 22.1 Å². The van der Waals surface area contributed by atoms with Crippen molar-refractivity contribution in [3.05, 3.63) is 69.3 Å². The Morgan fingerprint density at radius 1 is 1.26 bits per heavy atom. The smallest absolute Gasteiger partial charge is 0.420 e. The number of aromatic nitrogens is 2. The van der Waals surface area contributed by atoms with Crippen molar-refractivity contribution in [2.24, 2.45) is 0 Å². The van der Waals surface area contributed by atoms with Crippen molar-refractivity contribution in [3.63, 3.8) is 0 Å². The molecule has 2 aromatic heterocycles. The molecule has 0 unspecified atom stereocenters. The second kappa shape index (κ2) is 8.92. The molecule has 34 heavy (non-hydrogen) atoms. The third-order valence-electron chi connectivity index (χ3n) is 5.81. The van der Waals surface area contributed by atoms with Gasteiger partial charge in [0, 0.05) is 22.4 Å². The van der Waals surface area contributed by atoms with Gasteiger partial charge in [-0.2, -0.15) is 5.26 Å². The lowest BCUT2D eigenvalue weighted by Gasteiger charge is -2.19. The highest BCUT2D eigenvalue weighted by Crippen LogP contribution is 2.36. The minimum Gasteiger partial charge on any atom is -0.496 e. The first-order valence-corrected chi connectivity index (χ1v) is 10.5. The zero-order chi connectivity index (χ0) is 24.6. The predicted molar refractivity (Wildman–Crippen MR) is 128 cm³/mol. The average molecular weight is 457 g/mol. The highest BCUT2D eigenvalue weighted by Gasteiger charge is 2.25. The van der Waals surface area contributed by atoms with Crippen LogP contribution in [0.15, 0.2) is 45.6 Å². The van der Waals surface area contributed by atoms with E-state index in [4.69, 9.17) is 20.0 Å². The van der Waals surface area contributed by atoms with E-state index in [-0.39, 0.29) is 29.2 Å². The number of nitriles is 1. The maximum Gasteiger partial charge on any atom is 0.420 e. The third-order valence-corrected chi connectivity index (χ3v) is 5.81. The van der Waals surface area contributed by atoms with E-state index >= 15 is 0 Å². The van der Waals surface area contributed by atoms with Crippen LogP contribution in [0.4, 0.5) is 0 Å². The number of benzene rings is 2. The summed E-state index contributed by atoms with van der Waals surface area (Å²) in [5.41, 5.74) is 3.48. The number of ether oxygens (including phenoxy) is 1. The number of nitrogens with one attached hydrogen (secondary N) is 2. The zero-order valence-corrected chi connectivity index (χ0v) is 19.0. The van der Waals surface area contributed by atoms with E-state index in [0.29, 0.717) is 38.9 Å². The van der Waals surface area contributed by atoms with Crippen molar-refractivity contribution >= 4 is 33.4 Å². The molecule has 0 aliphatic heterocycles. The molecule has 0 bridgehead atoms. The molecule has 9 heteroatoms. The molecular formula is C25H23N5O4. The van der Waals surface area contributed by atoms with Gasteiger partial charge in [-0.3, -0.25) is 4.57 Å². The molecule has 4 rings (SSSR count). The second-order valence-electron chi connectivity index (χ2n) is 8.03. The highest BCUT2D eigenvalue weighted by atomic mass is 16.5. The number of aliphatic hydroxyl groups is 1. The number of nitrogens with zero attached hydrogens (tertiary/aromatic N) is 3. The van der Waals surface area contributed by atoms with Crippen LogP contribution in [0.25, 0.3) is 22.0 Å². The van der Waals surface area contributed by atoms with Gasteiger partial charge in [0.15, 0.2) is 5.58 Å². The summed E-state index contributed by atoms with van der Waals surface area (Å²) in [6, 6.07) is 12.6. The summed E-state index contributed by atoms with van der Waals surface area (Å²) in [5.74, 6) is -0.796. The van der Waals surface area contributed by atoms with E-state index < -0.39 is 18.3 Å². The number of pyridine rings is 1. The lowest BCUT2D eigenvalue weighted by molar-refractivity contribution is 0.277.